The number of fused-ring (bicyclic) bond motifs is 4. The van der Waals surface area contributed by atoms with E-state index < -0.39 is 8.07 Å². The average Bonchev–Trinajstić information content (AvgIpc) is 3.23. The van der Waals surface area contributed by atoms with Crippen molar-refractivity contribution >= 4 is 46.1 Å². The van der Waals surface area contributed by atoms with Crippen LogP contribution in [0, 0.1) is 20.8 Å². The maximum Gasteiger partial charge on any atom is 0.216 e. The van der Waals surface area contributed by atoms with Crippen LogP contribution in [-0.2, 0) is 7.05 Å². The summed E-state index contributed by atoms with van der Waals surface area (Å²) in [7, 11) is 0.802. The van der Waals surface area contributed by atoms with Crippen molar-refractivity contribution in [3.63, 3.8) is 0 Å². The van der Waals surface area contributed by atoms with E-state index in [1.807, 2.05) is 0 Å². The molecular weight excluding hydrogens is 466 g/mol. The first-order valence-corrected chi connectivity index (χ1v) is 16.6. The van der Waals surface area contributed by atoms with E-state index in [1.165, 1.54) is 60.4 Å². The topological polar surface area (TPSA) is 17.0 Å². The van der Waals surface area contributed by atoms with E-state index >= 15 is 0 Å². The summed E-state index contributed by atoms with van der Waals surface area (Å²) < 4.78 is 9.14. The van der Waals surface area contributed by atoms with Crippen molar-refractivity contribution in [2.45, 2.75) is 40.4 Å². The average molecular weight is 501 g/mol. The number of rotatable bonds is 3. The lowest BCUT2D eigenvalue weighted by Crippen LogP contribution is -2.38. The molecule has 6 rings (SSSR count). The van der Waals surface area contributed by atoms with Crippen molar-refractivity contribution in [2.75, 3.05) is 0 Å². The van der Waals surface area contributed by atoms with Gasteiger partial charge in [-0.1, -0.05) is 78.9 Å². The molecule has 184 valence electrons. The summed E-state index contributed by atoms with van der Waals surface area (Å²) in [5.41, 5.74) is 11.6. The maximum absolute atomic E-state index is 6.81. The normalized spacial score (nSPS) is 12.2. The highest BCUT2D eigenvalue weighted by Gasteiger charge is 2.25. The Labute approximate surface area is 220 Å². The molecule has 0 saturated carbocycles. The Morgan fingerprint density at radius 3 is 2.22 bits per heavy atom. The Bertz CT molecular complexity index is 1840. The molecule has 0 aliphatic carbocycles. The summed E-state index contributed by atoms with van der Waals surface area (Å²) >= 11 is 0. The summed E-state index contributed by atoms with van der Waals surface area (Å²) in [6.45, 7) is 13.8. The van der Waals surface area contributed by atoms with Gasteiger partial charge in [0.1, 0.15) is 18.2 Å². The van der Waals surface area contributed by atoms with Crippen molar-refractivity contribution in [3.8, 4) is 22.4 Å². The number of para-hydroxylation sites is 1. The van der Waals surface area contributed by atoms with Crippen LogP contribution in [0.15, 0.2) is 83.3 Å². The van der Waals surface area contributed by atoms with E-state index in [1.54, 1.807) is 0 Å². The number of aromatic nitrogens is 1. The third kappa shape index (κ3) is 3.81. The molecule has 0 fully saturated rings. The number of hydrogen-bond acceptors (Lipinski definition) is 1. The van der Waals surface area contributed by atoms with Gasteiger partial charge in [0.05, 0.1) is 13.6 Å². The highest BCUT2D eigenvalue weighted by atomic mass is 28.3. The molecule has 0 N–H and O–H groups in total. The molecule has 0 bridgehead atoms. The monoisotopic (exact) mass is 500 g/mol. The minimum Gasteiger partial charge on any atom is -0.454 e. The molecule has 0 aliphatic rings. The van der Waals surface area contributed by atoms with E-state index in [9.17, 15) is 0 Å². The summed E-state index contributed by atoms with van der Waals surface area (Å²) in [6, 6.07) is 29.1. The van der Waals surface area contributed by atoms with Crippen LogP contribution in [0.5, 0.6) is 0 Å². The van der Waals surface area contributed by atoms with Crippen LogP contribution in [-0.4, -0.2) is 8.07 Å². The summed E-state index contributed by atoms with van der Waals surface area (Å²) in [5.74, 6) is 0. The lowest BCUT2D eigenvalue weighted by Gasteiger charge is -2.17. The predicted molar refractivity (Wildman–Crippen MR) is 160 cm³/mol. The van der Waals surface area contributed by atoms with Gasteiger partial charge in [0.2, 0.25) is 11.2 Å². The highest BCUT2D eigenvalue weighted by Crippen LogP contribution is 2.41. The quantitative estimate of drug-likeness (QED) is 0.176. The first kappa shape index (κ1) is 23.7. The van der Waals surface area contributed by atoms with Gasteiger partial charge in [0.15, 0.2) is 0 Å². The van der Waals surface area contributed by atoms with E-state index in [0.717, 1.165) is 16.7 Å². The van der Waals surface area contributed by atoms with Gasteiger partial charge in [-0.25, -0.2) is 0 Å². The molecule has 0 radical (unpaired) electrons. The van der Waals surface area contributed by atoms with Crippen LogP contribution in [0.4, 0.5) is 0 Å². The molecule has 3 heteroatoms. The van der Waals surface area contributed by atoms with E-state index in [4.69, 9.17) is 4.42 Å². The van der Waals surface area contributed by atoms with Crippen molar-refractivity contribution in [3.05, 3.63) is 95.6 Å². The molecule has 37 heavy (non-hydrogen) atoms. The molecule has 2 nitrogen and oxygen atoms in total. The zero-order valence-corrected chi connectivity index (χ0v) is 23.9. The minimum absolute atomic E-state index is 0.954. The second-order valence-corrected chi connectivity index (χ2v) is 16.6. The molecule has 0 spiro atoms. The number of benzene rings is 4. The van der Waals surface area contributed by atoms with Crippen LogP contribution in [0.2, 0.25) is 19.6 Å². The zero-order chi connectivity index (χ0) is 26.1. The van der Waals surface area contributed by atoms with Crippen LogP contribution >= 0.6 is 0 Å². The molecule has 0 saturated heterocycles. The second kappa shape index (κ2) is 8.42. The Morgan fingerprint density at radius 2 is 1.49 bits per heavy atom. The molecule has 2 aromatic heterocycles. The molecule has 0 unspecified atom stereocenters. The summed E-state index contributed by atoms with van der Waals surface area (Å²) in [5, 5.41) is 5.12. The minimum atomic E-state index is -1.38. The number of hydrogen-bond donors (Lipinski definition) is 0. The molecule has 6 aromatic rings. The van der Waals surface area contributed by atoms with Gasteiger partial charge in [-0.3, -0.25) is 0 Å². The lowest BCUT2D eigenvalue weighted by atomic mass is 9.95. The Morgan fingerprint density at radius 1 is 0.730 bits per heavy atom. The second-order valence-electron chi connectivity index (χ2n) is 11.5. The van der Waals surface area contributed by atoms with Gasteiger partial charge in [-0.05, 0) is 55.7 Å². The Balaban J connectivity index is 1.64. The smallest absolute Gasteiger partial charge is 0.216 e. The standard InChI is InChI=1S/C34H34NOSi/c1-21-11-13-24(14-12-21)27-9-8-10-28-29-19-22(2)23(3)32(34(29)36-33(27)28)31-17-15-25-20-26(37(5,6)7)16-18-30(25)35(31)4/h8-20H,1-7H3/q+1. The largest absolute Gasteiger partial charge is 0.454 e. The van der Waals surface area contributed by atoms with E-state index in [-0.39, 0.29) is 0 Å². The van der Waals surface area contributed by atoms with Crippen LogP contribution in [0.1, 0.15) is 16.7 Å². The van der Waals surface area contributed by atoms with Crippen molar-refractivity contribution < 1.29 is 8.98 Å². The van der Waals surface area contributed by atoms with Crippen molar-refractivity contribution in [1.29, 1.82) is 0 Å². The van der Waals surface area contributed by atoms with E-state index in [0.29, 0.717) is 0 Å². The molecule has 0 aliphatic heterocycles. The van der Waals surface area contributed by atoms with E-state index in [2.05, 4.69) is 131 Å². The van der Waals surface area contributed by atoms with Gasteiger partial charge < -0.3 is 4.42 Å². The lowest BCUT2D eigenvalue weighted by molar-refractivity contribution is -0.633. The van der Waals surface area contributed by atoms with Crippen LogP contribution in [0.25, 0.3) is 55.2 Å². The summed E-state index contributed by atoms with van der Waals surface area (Å²) in [4.78, 5) is 0. The number of furan rings is 1. The van der Waals surface area contributed by atoms with Gasteiger partial charge in [-0.2, -0.15) is 4.57 Å². The first-order chi connectivity index (χ1) is 17.6. The fraction of sp³-hybridized carbons (Fsp3) is 0.206. The Hall–Kier alpha value is -3.69. The number of pyridine rings is 1. The predicted octanol–water partition coefficient (Wildman–Crippen LogP) is 8.37. The van der Waals surface area contributed by atoms with Gasteiger partial charge in [0, 0.05) is 33.9 Å². The fourth-order valence-corrected chi connectivity index (χ4v) is 6.72. The first-order valence-electron chi connectivity index (χ1n) is 13.1. The van der Waals surface area contributed by atoms with Gasteiger partial charge in [-0.15, -0.1) is 0 Å². The fourth-order valence-electron chi connectivity index (χ4n) is 5.55. The third-order valence-corrected chi connectivity index (χ3v) is 10.0. The molecule has 0 amide bonds. The zero-order valence-electron chi connectivity index (χ0n) is 22.9. The highest BCUT2D eigenvalue weighted by molar-refractivity contribution is 6.88. The van der Waals surface area contributed by atoms with Gasteiger partial charge in [0.25, 0.3) is 0 Å². The SMILES string of the molecule is Cc1ccc(-c2cccc3c2oc2c(-c4ccc5cc([Si](C)(C)C)ccc5[n+]4C)c(C)c(C)cc23)cc1. The molecule has 0 atom stereocenters. The number of nitrogens with zero attached hydrogens (tertiary/aromatic N) is 1. The van der Waals surface area contributed by atoms with Crippen LogP contribution in [0.3, 0.4) is 0 Å². The molecule has 2 heterocycles. The summed E-state index contributed by atoms with van der Waals surface area (Å²) in [6.07, 6.45) is 0. The third-order valence-electron chi connectivity index (χ3n) is 7.96. The van der Waals surface area contributed by atoms with Gasteiger partial charge >= 0.3 is 0 Å². The Kier molecular flexibility index (Phi) is 5.39. The number of aryl methyl sites for hydroxylation is 3. The maximum atomic E-state index is 6.81. The molecular formula is C34H34NOSi+. The molecule has 4 aromatic carbocycles. The van der Waals surface area contributed by atoms with Crippen molar-refractivity contribution in [1.82, 2.24) is 0 Å². The van der Waals surface area contributed by atoms with Crippen LogP contribution < -0.4 is 9.75 Å². The van der Waals surface area contributed by atoms with Crippen molar-refractivity contribution in [2.24, 2.45) is 7.05 Å².